The Hall–Kier alpha value is -2.57. The van der Waals surface area contributed by atoms with Crippen molar-refractivity contribution >= 4 is 19.9 Å². The van der Waals surface area contributed by atoms with Crippen LogP contribution in [0.3, 0.4) is 0 Å². The van der Waals surface area contributed by atoms with E-state index in [1.165, 1.54) is 0 Å². The van der Waals surface area contributed by atoms with Crippen molar-refractivity contribution < 1.29 is 9.53 Å². The molecule has 0 saturated heterocycles. The predicted octanol–water partition coefficient (Wildman–Crippen LogP) is 4.84. The molecule has 2 aromatic rings. The van der Waals surface area contributed by atoms with Crippen molar-refractivity contribution in [2.45, 2.75) is 19.6 Å². The zero-order valence-electron chi connectivity index (χ0n) is 14.6. The van der Waals surface area contributed by atoms with Crippen molar-refractivity contribution in [1.82, 2.24) is 0 Å². The second-order valence-electron chi connectivity index (χ2n) is 6.53. The summed E-state index contributed by atoms with van der Waals surface area (Å²) in [7, 11) is 0.0352. The lowest BCUT2D eigenvalue weighted by Crippen LogP contribution is -2.17. The monoisotopic (exact) mass is 334 g/mol. The summed E-state index contributed by atoms with van der Waals surface area (Å²) in [4.78, 5) is 12.9. The van der Waals surface area contributed by atoms with Crippen LogP contribution in [0.2, 0.25) is 19.6 Å². The highest BCUT2D eigenvalue weighted by Gasteiger charge is 2.13. The summed E-state index contributed by atoms with van der Waals surface area (Å²) in [6.45, 7) is 6.49. The number of rotatable bonds is 4. The van der Waals surface area contributed by atoms with E-state index in [9.17, 15) is 4.79 Å². The first kappa shape index (κ1) is 17.8. The van der Waals surface area contributed by atoms with Crippen molar-refractivity contribution in [3.63, 3.8) is 0 Å². The number of allylic oxidation sites excluding steroid dienone is 1. The van der Waals surface area contributed by atoms with Crippen LogP contribution in [0, 0.1) is 11.5 Å². The number of hydrogen-bond donors (Lipinski definition) is 0. The summed E-state index contributed by atoms with van der Waals surface area (Å²) in [6.07, 6.45) is 1.86. The Morgan fingerprint density at radius 2 is 1.62 bits per heavy atom. The maximum atomic E-state index is 12.9. The minimum atomic E-state index is -1.57. The molecule has 2 rings (SSSR count). The molecule has 2 aromatic carbocycles. The van der Waals surface area contributed by atoms with Gasteiger partial charge in [0.2, 0.25) is 5.78 Å². The van der Waals surface area contributed by atoms with Crippen LogP contribution in [0.15, 0.2) is 60.2 Å². The normalized spacial score (nSPS) is 11.4. The molecule has 0 bridgehead atoms. The topological polar surface area (TPSA) is 26.3 Å². The van der Waals surface area contributed by atoms with Gasteiger partial charge in [-0.25, -0.2) is 0 Å². The van der Waals surface area contributed by atoms with Crippen LogP contribution in [0.25, 0.3) is 6.08 Å². The number of carbonyl (C=O) groups is 1. The maximum Gasteiger partial charge on any atom is 0.201 e. The molecule has 0 saturated carbocycles. The van der Waals surface area contributed by atoms with E-state index in [0.29, 0.717) is 11.1 Å². The third kappa shape index (κ3) is 5.26. The Kier molecular flexibility index (Phi) is 5.78. The highest BCUT2D eigenvalue weighted by Crippen LogP contribution is 2.16. The summed E-state index contributed by atoms with van der Waals surface area (Å²) >= 11 is 0. The molecule has 0 heterocycles. The molecule has 0 N–H and O–H groups in total. The lowest BCUT2D eigenvalue weighted by Gasteiger charge is -2.06. The van der Waals surface area contributed by atoms with Crippen LogP contribution in [0.5, 0.6) is 5.75 Å². The minimum absolute atomic E-state index is 0.0627. The van der Waals surface area contributed by atoms with Gasteiger partial charge in [-0.15, -0.1) is 5.54 Å². The summed E-state index contributed by atoms with van der Waals surface area (Å²) in [5.41, 5.74) is 5.40. The van der Waals surface area contributed by atoms with E-state index in [2.05, 4.69) is 31.1 Å². The van der Waals surface area contributed by atoms with Gasteiger partial charge in [0, 0.05) is 5.56 Å². The van der Waals surface area contributed by atoms with Gasteiger partial charge in [0.15, 0.2) is 0 Å². The van der Waals surface area contributed by atoms with Crippen LogP contribution in [0.4, 0.5) is 0 Å². The fourth-order valence-corrected chi connectivity index (χ4v) is 2.54. The average molecular weight is 334 g/mol. The Balaban J connectivity index is 2.42. The van der Waals surface area contributed by atoms with Gasteiger partial charge in [-0.05, 0) is 35.9 Å². The van der Waals surface area contributed by atoms with E-state index in [1.54, 1.807) is 31.4 Å². The number of Topliss-reactive ketones (excluding diaryl/α,β-unsaturated/α-hetero) is 1. The predicted molar refractivity (Wildman–Crippen MR) is 103 cm³/mol. The molecule has 0 aromatic heterocycles. The lowest BCUT2D eigenvalue weighted by atomic mass is 10.0. The van der Waals surface area contributed by atoms with E-state index in [4.69, 9.17) is 4.74 Å². The lowest BCUT2D eigenvalue weighted by molar-refractivity contribution is 0.104. The molecule has 0 fully saturated rings. The largest absolute Gasteiger partial charge is 0.497 e. The first-order valence-corrected chi connectivity index (χ1v) is 11.4. The Morgan fingerprint density at radius 3 is 2.17 bits per heavy atom. The molecule has 0 amide bonds. The van der Waals surface area contributed by atoms with Crippen LogP contribution in [-0.4, -0.2) is 21.0 Å². The summed E-state index contributed by atoms with van der Waals surface area (Å²) in [5, 5.41) is 0. The summed E-state index contributed by atoms with van der Waals surface area (Å²) in [5.74, 6) is 3.79. The minimum Gasteiger partial charge on any atom is -0.497 e. The zero-order valence-corrected chi connectivity index (χ0v) is 15.6. The molecule has 2 nitrogen and oxygen atoms in total. The van der Waals surface area contributed by atoms with Crippen molar-refractivity contribution in [3.8, 4) is 17.2 Å². The molecular formula is C21H22O2Si. The first-order chi connectivity index (χ1) is 11.4. The van der Waals surface area contributed by atoms with E-state index in [-0.39, 0.29) is 5.78 Å². The van der Waals surface area contributed by atoms with Crippen LogP contribution in [-0.2, 0) is 0 Å². The van der Waals surface area contributed by atoms with E-state index in [1.807, 2.05) is 36.4 Å². The number of ether oxygens (including phenoxy) is 1. The standard InChI is InChI=1S/C21H22O2Si/c1-23-20-12-10-18(11-13-20)21(22)19(14-15-24(2,3)4)16-17-8-6-5-7-9-17/h5-13,16H,1-4H3. The number of benzene rings is 2. The third-order valence-electron chi connectivity index (χ3n) is 3.28. The smallest absolute Gasteiger partial charge is 0.201 e. The number of carbonyl (C=O) groups excluding carboxylic acids is 1. The number of ketones is 1. The second kappa shape index (κ2) is 7.81. The molecule has 0 radical (unpaired) electrons. The molecule has 0 unspecified atom stereocenters. The molecule has 0 atom stereocenters. The molecule has 0 aliphatic heterocycles. The highest BCUT2D eigenvalue weighted by atomic mass is 28.3. The van der Waals surface area contributed by atoms with Crippen LogP contribution in [0.1, 0.15) is 15.9 Å². The highest BCUT2D eigenvalue weighted by molar-refractivity contribution is 6.84. The van der Waals surface area contributed by atoms with Gasteiger partial charge >= 0.3 is 0 Å². The van der Waals surface area contributed by atoms with Gasteiger partial charge in [-0.3, -0.25) is 4.79 Å². The number of hydrogen-bond acceptors (Lipinski definition) is 2. The maximum absolute atomic E-state index is 12.9. The molecule has 3 heteroatoms. The molecule has 122 valence electrons. The van der Waals surface area contributed by atoms with Gasteiger partial charge < -0.3 is 4.74 Å². The summed E-state index contributed by atoms with van der Waals surface area (Å²) in [6, 6.07) is 16.9. The van der Waals surface area contributed by atoms with Gasteiger partial charge in [0.25, 0.3) is 0 Å². The third-order valence-corrected chi connectivity index (χ3v) is 4.15. The molecule has 0 spiro atoms. The summed E-state index contributed by atoms with van der Waals surface area (Å²) < 4.78 is 5.15. The van der Waals surface area contributed by atoms with Gasteiger partial charge in [-0.2, -0.15) is 0 Å². The second-order valence-corrected chi connectivity index (χ2v) is 11.3. The molecule has 0 aliphatic carbocycles. The van der Waals surface area contributed by atoms with Crippen molar-refractivity contribution in [2.75, 3.05) is 7.11 Å². The zero-order chi connectivity index (χ0) is 17.6. The van der Waals surface area contributed by atoms with Crippen molar-refractivity contribution in [1.29, 1.82) is 0 Å². The fraction of sp³-hybridized carbons (Fsp3) is 0.190. The van der Waals surface area contributed by atoms with Gasteiger partial charge in [-0.1, -0.05) is 55.9 Å². The Labute approximate surface area is 145 Å². The van der Waals surface area contributed by atoms with Crippen molar-refractivity contribution in [3.05, 3.63) is 71.3 Å². The van der Waals surface area contributed by atoms with Crippen LogP contribution < -0.4 is 4.74 Å². The van der Waals surface area contributed by atoms with E-state index < -0.39 is 8.07 Å². The van der Waals surface area contributed by atoms with Crippen LogP contribution >= 0.6 is 0 Å². The Morgan fingerprint density at radius 1 is 1.00 bits per heavy atom. The number of methoxy groups -OCH3 is 1. The van der Waals surface area contributed by atoms with E-state index >= 15 is 0 Å². The Bertz CT molecular complexity index is 786. The van der Waals surface area contributed by atoms with E-state index in [0.717, 1.165) is 11.3 Å². The van der Waals surface area contributed by atoms with Gasteiger partial charge in [0.1, 0.15) is 13.8 Å². The SMILES string of the molecule is COc1ccc(C(=O)C(C#C[Si](C)(C)C)=Cc2ccccc2)cc1. The first-order valence-electron chi connectivity index (χ1n) is 7.88. The van der Waals surface area contributed by atoms with Gasteiger partial charge in [0.05, 0.1) is 12.7 Å². The van der Waals surface area contributed by atoms with Crippen molar-refractivity contribution in [2.24, 2.45) is 0 Å². The molecule has 0 aliphatic rings. The quantitative estimate of drug-likeness (QED) is 0.346. The fourth-order valence-electron chi connectivity index (χ4n) is 2.03. The molecular weight excluding hydrogens is 312 g/mol. The molecule has 24 heavy (non-hydrogen) atoms. The average Bonchev–Trinajstić information content (AvgIpc) is 2.58.